The van der Waals surface area contributed by atoms with Crippen LogP contribution in [-0.4, -0.2) is 36.5 Å². The van der Waals surface area contributed by atoms with E-state index in [9.17, 15) is 9.59 Å². The molecule has 0 aromatic heterocycles. The molecule has 2 N–H and O–H groups in total. The summed E-state index contributed by atoms with van der Waals surface area (Å²) < 4.78 is 0. The molecular formula is C19H26N4O2. The van der Waals surface area contributed by atoms with Gasteiger partial charge >= 0.3 is 6.03 Å². The Labute approximate surface area is 149 Å². The van der Waals surface area contributed by atoms with Crippen molar-refractivity contribution in [1.29, 1.82) is 5.26 Å². The Hall–Kier alpha value is -2.55. The van der Waals surface area contributed by atoms with Crippen molar-refractivity contribution < 1.29 is 9.59 Å². The maximum atomic E-state index is 12.4. The highest BCUT2D eigenvalue weighted by atomic mass is 16.2. The zero-order chi connectivity index (χ0) is 18.2. The highest BCUT2D eigenvalue weighted by Crippen LogP contribution is 2.16. The molecule has 1 aliphatic heterocycles. The molecule has 1 aromatic rings. The van der Waals surface area contributed by atoms with Gasteiger partial charge in [0.05, 0.1) is 11.6 Å². The number of nitrogens with one attached hydrogen (secondary N) is 2. The van der Waals surface area contributed by atoms with E-state index in [2.05, 4.69) is 16.7 Å². The first-order chi connectivity index (χ1) is 12.0. The molecule has 134 valence electrons. The first-order valence-electron chi connectivity index (χ1n) is 8.79. The third kappa shape index (κ3) is 5.79. The fourth-order valence-corrected chi connectivity index (χ4v) is 2.91. The van der Waals surface area contributed by atoms with E-state index in [4.69, 9.17) is 5.26 Å². The van der Waals surface area contributed by atoms with Crippen LogP contribution in [0.1, 0.15) is 37.8 Å². The second-order valence-corrected chi connectivity index (χ2v) is 6.83. The van der Waals surface area contributed by atoms with E-state index in [0.717, 1.165) is 24.9 Å². The van der Waals surface area contributed by atoms with Crippen LogP contribution in [0.15, 0.2) is 24.3 Å². The number of benzene rings is 1. The number of carbonyl (C=O) groups excluding carboxylic acids is 2. The highest BCUT2D eigenvalue weighted by molar-refractivity contribution is 5.77. The summed E-state index contributed by atoms with van der Waals surface area (Å²) in [6.45, 7) is 6.15. The predicted octanol–water partition coefficient (Wildman–Crippen LogP) is 2.25. The molecule has 0 saturated carbocycles. The van der Waals surface area contributed by atoms with Gasteiger partial charge in [0.1, 0.15) is 0 Å². The van der Waals surface area contributed by atoms with E-state index in [1.54, 1.807) is 12.1 Å². The Morgan fingerprint density at radius 3 is 2.88 bits per heavy atom. The Morgan fingerprint density at radius 1 is 1.36 bits per heavy atom. The summed E-state index contributed by atoms with van der Waals surface area (Å²) in [7, 11) is 0. The first kappa shape index (κ1) is 18.8. The van der Waals surface area contributed by atoms with Gasteiger partial charge in [0.2, 0.25) is 5.91 Å². The maximum Gasteiger partial charge on any atom is 0.317 e. The van der Waals surface area contributed by atoms with Crippen LogP contribution in [0.25, 0.3) is 0 Å². The maximum absolute atomic E-state index is 12.4. The average Bonchev–Trinajstić information content (AvgIpc) is 2.64. The first-order valence-corrected chi connectivity index (χ1v) is 8.79. The van der Waals surface area contributed by atoms with Gasteiger partial charge < -0.3 is 15.5 Å². The lowest BCUT2D eigenvalue weighted by Crippen LogP contribution is -2.47. The zero-order valence-corrected chi connectivity index (χ0v) is 14.9. The molecule has 0 unspecified atom stereocenters. The largest absolute Gasteiger partial charge is 0.356 e. The lowest BCUT2D eigenvalue weighted by molar-refractivity contribution is -0.124. The SMILES string of the molecule is CC(C)C(=O)NC[C@@H]1CCCN(C(=O)NCc2cccc(C#N)c2)C1. The second-order valence-electron chi connectivity index (χ2n) is 6.83. The van der Waals surface area contributed by atoms with Crippen molar-refractivity contribution >= 4 is 11.9 Å². The molecule has 2 rings (SSSR count). The molecule has 6 nitrogen and oxygen atoms in total. The van der Waals surface area contributed by atoms with Crippen molar-refractivity contribution in [3.8, 4) is 6.07 Å². The number of likely N-dealkylation sites (tertiary alicyclic amines) is 1. The van der Waals surface area contributed by atoms with Gasteiger partial charge in [-0.1, -0.05) is 26.0 Å². The molecule has 6 heteroatoms. The number of nitrogens with zero attached hydrogens (tertiary/aromatic N) is 2. The van der Waals surface area contributed by atoms with Gasteiger partial charge in [-0.25, -0.2) is 4.79 Å². The van der Waals surface area contributed by atoms with Crippen molar-refractivity contribution in [2.75, 3.05) is 19.6 Å². The van der Waals surface area contributed by atoms with Crippen LogP contribution in [0.3, 0.4) is 0 Å². The Kier molecular flexibility index (Phi) is 6.81. The fraction of sp³-hybridized carbons (Fsp3) is 0.526. The number of hydrogen-bond donors (Lipinski definition) is 2. The number of rotatable bonds is 5. The van der Waals surface area contributed by atoms with Crippen molar-refractivity contribution in [1.82, 2.24) is 15.5 Å². The van der Waals surface area contributed by atoms with Gasteiger partial charge in [-0.3, -0.25) is 4.79 Å². The molecule has 25 heavy (non-hydrogen) atoms. The van der Waals surface area contributed by atoms with E-state index in [-0.39, 0.29) is 17.9 Å². The van der Waals surface area contributed by atoms with Crippen molar-refractivity contribution in [3.05, 3.63) is 35.4 Å². The monoisotopic (exact) mass is 342 g/mol. The summed E-state index contributed by atoms with van der Waals surface area (Å²) in [6.07, 6.45) is 1.96. The molecule has 1 fully saturated rings. The molecule has 1 aliphatic rings. The summed E-state index contributed by atoms with van der Waals surface area (Å²) in [5, 5.41) is 14.8. The van der Waals surface area contributed by atoms with Crippen LogP contribution in [0, 0.1) is 23.2 Å². The standard InChI is InChI=1S/C19H26N4O2/c1-14(2)18(24)21-12-17-7-4-8-23(13-17)19(25)22-11-16-6-3-5-15(9-16)10-20/h3,5-6,9,14,17H,4,7-8,11-13H2,1-2H3,(H,21,24)(H,22,25)/t17-/m0/s1. The molecule has 1 saturated heterocycles. The number of amides is 3. The number of nitriles is 1. The molecule has 0 radical (unpaired) electrons. The summed E-state index contributed by atoms with van der Waals surface area (Å²) >= 11 is 0. The minimum absolute atomic E-state index is 0.0211. The molecule has 1 aromatic carbocycles. The number of hydrogen-bond acceptors (Lipinski definition) is 3. The number of urea groups is 1. The Morgan fingerprint density at radius 2 is 2.16 bits per heavy atom. The third-order valence-electron chi connectivity index (χ3n) is 4.40. The second kappa shape index (κ2) is 9.07. The van der Waals surface area contributed by atoms with E-state index < -0.39 is 0 Å². The van der Waals surface area contributed by atoms with Crippen molar-refractivity contribution in [2.45, 2.75) is 33.2 Å². The summed E-state index contributed by atoms with van der Waals surface area (Å²) in [5.41, 5.74) is 1.50. The highest BCUT2D eigenvalue weighted by Gasteiger charge is 2.24. The minimum atomic E-state index is -0.0951. The van der Waals surface area contributed by atoms with Gasteiger partial charge in [0.25, 0.3) is 0 Å². The molecule has 0 spiro atoms. The lowest BCUT2D eigenvalue weighted by atomic mass is 9.98. The quantitative estimate of drug-likeness (QED) is 0.860. The summed E-state index contributed by atoms with van der Waals surface area (Å²) in [4.78, 5) is 25.9. The Bertz CT molecular complexity index is 651. The van der Waals surface area contributed by atoms with Crippen LogP contribution in [0.5, 0.6) is 0 Å². The molecule has 1 heterocycles. The fourth-order valence-electron chi connectivity index (χ4n) is 2.91. The summed E-state index contributed by atoms with van der Waals surface area (Å²) in [6, 6.07) is 9.23. The normalized spacial score (nSPS) is 17.0. The molecule has 1 atom stereocenters. The number of carbonyl (C=O) groups is 2. The van der Waals surface area contributed by atoms with E-state index >= 15 is 0 Å². The van der Waals surface area contributed by atoms with Crippen LogP contribution in [-0.2, 0) is 11.3 Å². The van der Waals surface area contributed by atoms with Crippen molar-refractivity contribution in [2.24, 2.45) is 11.8 Å². The van der Waals surface area contributed by atoms with Gasteiger partial charge in [-0.2, -0.15) is 5.26 Å². The third-order valence-corrected chi connectivity index (χ3v) is 4.40. The van der Waals surface area contributed by atoms with Gasteiger partial charge in [-0.05, 0) is 36.5 Å². The zero-order valence-electron chi connectivity index (χ0n) is 14.9. The minimum Gasteiger partial charge on any atom is -0.356 e. The lowest BCUT2D eigenvalue weighted by Gasteiger charge is -2.33. The molecule has 0 aliphatic carbocycles. The van der Waals surface area contributed by atoms with Gasteiger partial charge in [-0.15, -0.1) is 0 Å². The van der Waals surface area contributed by atoms with E-state index in [1.807, 2.05) is 30.9 Å². The average molecular weight is 342 g/mol. The molecule has 0 bridgehead atoms. The number of piperidine rings is 1. The molecular weight excluding hydrogens is 316 g/mol. The topological polar surface area (TPSA) is 85.2 Å². The smallest absolute Gasteiger partial charge is 0.317 e. The predicted molar refractivity (Wildman–Crippen MR) is 95.5 cm³/mol. The van der Waals surface area contributed by atoms with Gasteiger partial charge in [0, 0.05) is 32.1 Å². The Balaban J connectivity index is 1.80. The molecule has 3 amide bonds. The van der Waals surface area contributed by atoms with Crippen LogP contribution in [0.2, 0.25) is 0 Å². The van der Waals surface area contributed by atoms with E-state index in [1.165, 1.54) is 0 Å². The van der Waals surface area contributed by atoms with Crippen molar-refractivity contribution in [3.63, 3.8) is 0 Å². The van der Waals surface area contributed by atoms with Gasteiger partial charge in [0.15, 0.2) is 0 Å². The van der Waals surface area contributed by atoms with Crippen LogP contribution in [0.4, 0.5) is 4.79 Å². The van der Waals surface area contributed by atoms with Crippen LogP contribution < -0.4 is 10.6 Å². The summed E-state index contributed by atoms with van der Waals surface area (Å²) in [5.74, 6) is 0.329. The van der Waals surface area contributed by atoms with E-state index in [0.29, 0.717) is 31.1 Å². The van der Waals surface area contributed by atoms with Crippen LogP contribution >= 0.6 is 0 Å².